The monoisotopic (exact) mass is 305 g/mol. The lowest BCUT2D eigenvalue weighted by atomic mass is 10.1. The van der Waals surface area contributed by atoms with Crippen molar-refractivity contribution in [3.05, 3.63) is 70.1 Å². The molecular weight excluding hydrogens is 292 g/mol. The van der Waals surface area contributed by atoms with Crippen molar-refractivity contribution in [3.63, 3.8) is 0 Å². The molecule has 7 heteroatoms. The van der Waals surface area contributed by atoms with Gasteiger partial charge in [-0.3, -0.25) is 9.59 Å². The Morgan fingerprint density at radius 2 is 2.00 bits per heavy atom. The van der Waals surface area contributed by atoms with Gasteiger partial charge in [0.15, 0.2) is 11.6 Å². The van der Waals surface area contributed by atoms with E-state index in [2.05, 4.69) is 10.5 Å². The van der Waals surface area contributed by atoms with Gasteiger partial charge in [-0.1, -0.05) is 6.07 Å². The third kappa shape index (κ3) is 3.85. The van der Waals surface area contributed by atoms with Gasteiger partial charge in [-0.2, -0.15) is 5.10 Å². The molecule has 0 spiro atoms. The highest BCUT2D eigenvalue weighted by atomic mass is 19.2. The summed E-state index contributed by atoms with van der Waals surface area (Å²) >= 11 is 0. The van der Waals surface area contributed by atoms with Crippen LogP contribution in [0.25, 0.3) is 0 Å². The highest BCUT2D eigenvalue weighted by molar-refractivity contribution is 5.99. The number of pyridine rings is 1. The molecule has 0 atom stereocenters. The molecule has 2 aromatic rings. The van der Waals surface area contributed by atoms with E-state index in [0.29, 0.717) is 11.3 Å². The first-order valence-corrected chi connectivity index (χ1v) is 6.41. The number of benzene rings is 1. The Morgan fingerprint density at radius 3 is 2.68 bits per heavy atom. The largest absolute Gasteiger partial charge is 0.306 e. The Labute approximate surface area is 124 Å². The Kier molecular flexibility index (Phi) is 4.77. The van der Waals surface area contributed by atoms with Gasteiger partial charge in [-0.25, -0.2) is 14.2 Å². The summed E-state index contributed by atoms with van der Waals surface area (Å²) in [6, 6.07) is 7.86. The van der Waals surface area contributed by atoms with E-state index in [1.54, 1.807) is 19.1 Å². The van der Waals surface area contributed by atoms with Gasteiger partial charge < -0.3 is 4.57 Å². The van der Waals surface area contributed by atoms with Crippen molar-refractivity contribution >= 4 is 11.6 Å². The van der Waals surface area contributed by atoms with Gasteiger partial charge in [0.1, 0.15) is 6.54 Å². The van der Waals surface area contributed by atoms with E-state index in [4.69, 9.17) is 0 Å². The number of halogens is 2. The molecular formula is C15H13F2N3O2. The van der Waals surface area contributed by atoms with E-state index < -0.39 is 17.5 Å². The number of hydrazone groups is 1. The van der Waals surface area contributed by atoms with Gasteiger partial charge >= 0.3 is 0 Å². The summed E-state index contributed by atoms with van der Waals surface area (Å²) < 4.78 is 27.2. The predicted molar refractivity (Wildman–Crippen MR) is 77.4 cm³/mol. The molecule has 0 bridgehead atoms. The quantitative estimate of drug-likeness (QED) is 0.690. The van der Waals surface area contributed by atoms with E-state index >= 15 is 0 Å². The Morgan fingerprint density at radius 1 is 1.23 bits per heavy atom. The SMILES string of the molecule is C/C(=N/NC(=O)Cn1ccccc1=O)c1ccc(F)c(F)c1. The van der Waals surface area contributed by atoms with Crippen LogP contribution >= 0.6 is 0 Å². The van der Waals surface area contributed by atoms with Crippen molar-refractivity contribution in [3.8, 4) is 0 Å². The summed E-state index contributed by atoms with van der Waals surface area (Å²) in [5.74, 6) is -2.45. The summed E-state index contributed by atoms with van der Waals surface area (Å²) in [6.45, 7) is 1.36. The molecule has 0 aliphatic carbocycles. The number of rotatable bonds is 4. The zero-order chi connectivity index (χ0) is 16.1. The van der Waals surface area contributed by atoms with Crippen molar-refractivity contribution in [2.75, 3.05) is 0 Å². The zero-order valence-electron chi connectivity index (χ0n) is 11.7. The van der Waals surface area contributed by atoms with Crippen LogP contribution in [0.1, 0.15) is 12.5 Å². The fourth-order valence-electron chi connectivity index (χ4n) is 1.71. The molecule has 1 aromatic heterocycles. The van der Waals surface area contributed by atoms with E-state index in [1.165, 1.54) is 22.9 Å². The van der Waals surface area contributed by atoms with Crippen LogP contribution in [0.15, 0.2) is 52.5 Å². The first-order chi connectivity index (χ1) is 10.5. The topological polar surface area (TPSA) is 63.5 Å². The number of carbonyl (C=O) groups excluding carboxylic acids is 1. The van der Waals surface area contributed by atoms with E-state index in [0.717, 1.165) is 12.1 Å². The average molecular weight is 305 g/mol. The molecule has 5 nitrogen and oxygen atoms in total. The van der Waals surface area contributed by atoms with Gasteiger partial charge in [0.25, 0.3) is 11.5 Å². The van der Waals surface area contributed by atoms with Crippen LogP contribution < -0.4 is 11.0 Å². The van der Waals surface area contributed by atoms with Crippen LogP contribution in [0.5, 0.6) is 0 Å². The molecule has 0 aliphatic heterocycles. The molecule has 114 valence electrons. The minimum absolute atomic E-state index is 0.186. The first kappa shape index (κ1) is 15.6. The number of nitrogens with zero attached hydrogens (tertiary/aromatic N) is 2. The fraction of sp³-hybridized carbons (Fsp3) is 0.133. The van der Waals surface area contributed by atoms with Crippen LogP contribution in [-0.4, -0.2) is 16.2 Å². The van der Waals surface area contributed by atoms with Crippen LogP contribution in [0, 0.1) is 11.6 Å². The number of aromatic nitrogens is 1. The van der Waals surface area contributed by atoms with Crippen molar-refractivity contribution in [2.45, 2.75) is 13.5 Å². The molecule has 0 saturated heterocycles. The fourth-order valence-corrected chi connectivity index (χ4v) is 1.71. The lowest BCUT2D eigenvalue weighted by Crippen LogP contribution is -2.29. The Bertz CT molecular complexity index is 784. The van der Waals surface area contributed by atoms with Crippen molar-refractivity contribution < 1.29 is 13.6 Å². The number of hydrogen-bond acceptors (Lipinski definition) is 3. The van der Waals surface area contributed by atoms with E-state index in [1.807, 2.05) is 0 Å². The summed E-state index contributed by atoms with van der Waals surface area (Å²) in [4.78, 5) is 23.2. The Hall–Kier alpha value is -2.83. The molecule has 1 N–H and O–H groups in total. The second-order valence-corrected chi connectivity index (χ2v) is 4.53. The van der Waals surface area contributed by atoms with Crippen molar-refractivity contribution in [2.24, 2.45) is 5.10 Å². The second kappa shape index (κ2) is 6.75. The minimum Gasteiger partial charge on any atom is -0.306 e. The lowest BCUT2D eigenvalue weighted by Gasteiger charge is -2.05. The molecule has 1 heterocycles. The average Bonchev–Trinajstić information content (AvgIpc) is 2.50. The number of carbonyl (C=O) groups is 1. The molecule has 1 amide bonds. The smallest absolute Gasteiger partial charge is 0.260 e. The van der Waals surface area contributed by atoms with E-state index in [-0.39, 0.29) is 12.1 Å². The van der Waals surface area contributed by atoms with Crippen molar-refractivity contribution in [1.82, 2.24) is 9.99 Å². The molecule has 2 rings (SSSR count). The summed E-state index contributed by atoms with van der Waals surface area (Å²) in [5, 5.41) is 3.80. The Balaban J connectivity index is 2.04. The van der Waals surface area contributed by atoms with Gasteiger partial charge in [0.2, 0.25) is 0 Å². The third-order valence-corrected chi connectivity index (χ3v) is 2.90. The standard InChI is InChI=1S/C15H13F2N3O2/c1-10(11-5-6-12(16)13(17)8-11)18-19-14(21)9-20-7-3-2-4-15(20)22/h2-8H,9H2,1H3,(H,19,21)/b18-10-. The lowest BCUT2D eigenvalue weighted by molar-refractivity contribution is -0.121. The maximum Gasteiger partial charge on any atom is 0.260 e. The third-order valence-electron chi connectivity index (χ3n) is 2.90. The zero-order valence-corrected chi connectivity index (χ0v) is 11.7. The molecule has 22 heavy (non-hydrogen) atoms. The predicted octanol–water partition coefficient (Wildman–Crippen LogP) is 1.67. The maximum absolute atomic E-state index is 13.1. The number of hydrogen-bond donors (Lipinski definition) is 1. The minimum atomic E-state index is -0.991. The van der Waals surface area contributed by atoms with Crippen LogP contribution in [0.3, 0.4) is 0 Å². The van der Waals surface area contributed by atoms with Crippen LogP contribution in [-0.2, 0) is 11.3 Å². The first-order valence-electron chi connectivity index (χ1n) is 6.41. The highest BCUT2D eigenvalue weighted by Crippen LogP contribution is 2.09. The van der Waals surface area contributed by atoms with Gasteiger partial charge in [0.05, 0.1) is 5.71 Å². The summed E-state index contributed by atoms with van der Waals surface area (Å²) in [5.41, 5.74) is 2.61. The number of amides is 1. The van der Waals surface area contributed by atoms with Crippen molar-refractivity contribution in [1.29, 1.82) is 0 Å². The van der Waals surface area contributed by atoms with Gasteiger partial charge in [0, 0.05) is 17.8 Å². The molecule has 0 unspecified atom stereocenters. The summed E-state index contributed by atoms with van der Waals surface area (Å²) in [7, 11) is 0. The van der Waals surface area contributed by atoms with E-state index in [9.17, 15) is 18.4 Å². The van der Waals surface area contributed by atoms with Gasteiger partial charge in [-0.05, 0) is 31.2 Å². The van der Waals surface area contributed by atoms with Gasteiger partial charge in [-0.15, -0.1) is 0 Å². The maximum atomic E-state index is 13.1. The summed E-state index contributed by atoms with van der Waals surface area (Å²) in [6.07, 6.45) is 1.48. The molecule has 1 aromatic carbocycles. The molecule has 0 saturated carbocycles. The molecule has 0 radical (unpaired) electrons. The highest BCUT2D eigenvalue weighted by Gasteiger charge is 2.06. The molecule has 0 fully saturated rings. The number of nitrogens with one attached hydrogen (secondary N) is 1. The second-order valence-electron chi connectivity index (χ2n) is 4.53. The van der Waals surface area contributed by atoms with Crippen LogP contribution in [0.4, 0.5) is 8.78 Å². The molecule has 0 aliphatic rings. The van der Waals surface area contributed by atoms with Crippen LogP contribution in [0.2, 0.25) is 0 Å². The normalized spacial score (nSPS) is 11.3.